The number of hydrogen-bond acceptors (Lipinski definition) is 2. The summed E-state index contributed by atoms with van der Waals surface area (Å²) in [5.41, 5.74) is 1.19. The van der Waals surface area contributed by atoms with Gasteiger partial charge in [0.05, 0.1) is 6.61 Å². The molecule has 0 unspecified atom stereocenters. The van der Waals surface area contributed by atoms with Crippen LogP contribution in [0.1, 0.15) is 11.1 Å². The third kappa shape index (κ3) is 3.52. The van der Waals surface area contributed by atoms with Gasteiger partial charge in [-0.1, -0.05) is 28.1 Å². The van der Waals surface area contributed by atoms with Crippen LogP contribution in [0.3, 0.4) is 0 Å². The van der Waals surface area contributed by atoms with E-state index in [0.717, 1.165) is 0 Å². The lowest BCUT2D eigenvalue weighted by Crippen LogP contribution is -1.99. The van der Waals surface area contributed by atoms with E-state index >= 15 is 0 Å². The second-order valence-corrected chi connectivity index (χ2v) is 4.80. The minimum Gasteiger partial charge on any atom is -0.486 e. The summed E-state index contributed by atoms with van der Waals surface area (Å²) in [6.45, 7) is -0.100. The predicted octanol–water partition coefficient (Wildman–Crippen LogP) is 3.80. The largest absolute Gasteiger partial charge is 0.486 e. The average molecular weight is 329 g/mol. The van der Waals surface area contributed by atoms with Crippen molar-refractivity contribution in [3.63, 3.8) is 0 Å². The van der Waals surface area contributed by atoms with Gasteiger partial charge in [-0.25, -0.2) is 8.78 Å². The summed E-state index contributed by atoms with van der Waals surface area (Å²) in [5, 5.41) is 8.87. The summed E-state index contributed by atoms with van der Waals surface area (Å²) in [6, 6.07) is 8.46. The zero-order chi connectivity index (χ0) is 13.8. The van der Waals surface area contributed by atoms with E-state index < -0.39 is 5.82 Å². The molecule has 2 nitrogen and oxygen atoms in total. The summed E-state index contributed by atoms with van der Waals surface area (Å²) < 4.78 is 32.4. The van der Waals surface area contributed by atoms with Gasteiger partial charge in [-0.05, 0) is 29.8 Å². The fourth-order valence-corrected chi connectivity index (χ4v) is 2.02. The van der Waals surface area contributed by atoms with E-state index in [-0.39, 0.29) is 24.8 Å². The van der Waals surface area contributed by atoms with Gasteiger partial charge in [-0.15, -0.1) is 0 Å². The number of rotatable bonds is 4. The second kappa shape index (κ2) is 6.12. The Morgan fingerprint density at radius 2 is 1.89 bits per heavy atom. The fraction of sp³-hybridized carbons (Fsp3) is 0.143. The molecule has 0 saturated carbocycles. The van der Waals surface area contributed by atoms with Gasteiger partial charge in [-0.3, -0.25) is 0 Å². The third-order valence-electron chi connectivity index (χ3n) is 2.58. The van der Waals surface area contributed by atoms with Gasteiger partial charge in [0.2, 0.25) is 0 Å². The molecule has 0 spiro atoms. The molecular formula is C14H11BrF2O2. The van der Waals surface area contributed by atoms with Crippen LogP contribution in [0.4, 0.5) is 8.78 Å². The maximum Gasteiger partial charge on any atom is 0.165 e. The molecule has 0 atom stereocenters. The minimum absolute atomic E-state index is 0.0911. The maximum absolute atomic E-state index is 13.6. The number of benzene rings is 2. The van der Waals surface area contributed by atoms with Crippen LogP contribution < -0.4 is 4.74 Å². The van der Waals surface area contributed by atoms with Crippen molar-refractivity contribution in [3.05, 3.63) is 63.6 Å². The van der Waals surface area contributed by atoms with Crippen molar-refractivity contribution in [3.8, 4) is 5.75 Å². The van der Waals surface area contributed by atoms with Crippen LogP contribution in [0.5, 0.6) is 5.75 Å². The summed E-state index contributed by atoms with van der Waals surface area (Å²) in [4.78, 5) is 0. The number of halogens is 3. The molecule has 0 aliphatic rings. The SMILES string of the molecule is OCc1ccc(OCc2ccc(F)cc2Br)c(F)c1. The van der Waals surface area contributed by atoms with Crippen LogP contribution in [0.2, 0.25) is 0 Å². The standard InChI is InChI=1S/C14H11BrF2O2/c15-12-6-11(16)3-2-10(12)8-19-14-4-1-9(7-18)5-13(14)17/h1-6,18H,7-8H2. The van der Waals surface area contributed by atoms with Crippen molar-refractivity contribution < 1.29 is 18.6 Å². The van der Waals surface area contributed by atoms with E-state index in [4.69, 9.17) is 9.84 Å². The van der Waals surface area contributed by atoms with E-state index in [0.29, 0.717) is 15.6 Å². The highest BCUT2D eigenvalue weighted by Gasteiger charge is 2.07. The molecule has 0 aromatic heterocycles. The zero-order valence-corrected chi connectivity index (χ0v) is 11.5. The highest BCUT2D eigenvalue weighted by Crippen LogP contribution is 2.23. The van der Waals surface area contributed by atoms with Crippen LogP contribution in [-0.4, -0.2) is 5.11 Å². The molecule has 2 aromatic rings. The molecule has 2 aromatic carbocycles. The van der Waals surface area contributed by atoms with Crippen molar-refractivity contribution in [2.24, 2.45) is 0 Å². The number of hydrogen-bond donors (Lipinski definition) is 1. The van der Waals surface area contributed by atoms with E-state index in [1.165, 1.54) is 24.3 Å². The van der Waals surface area contributed by atoms with Crippen LogP contribution in [-0.2, 0) is 13.2 Å². The quantitative estimate of drug-likeness (QED) is 0.925. The molecule has 1 N–H and O–H groups in total. The Bertz CT molecular complexity index is 588. The van der Waals surface area contributed by atoms with E-state index in [2.05, 4.69) is 15.9 Å². The maximum atomic E-state index is 13.6. The Morgan fingerprint density at radius 3 is 2.53 bits per heavy atom. The number of aliphatic hydroxyl groups is 1. The van der Waals surface area contributed by atoms with Crippen molar-refractivity contribution in [1.29, 1.82) is 0 Å². The lowest BCUT2D eigenvalue weighted by molar-refractivity contribution is 0.276. The van der Waals surface area contributed by atoms with Gasteiger partial charge in [0.25, 0.3) is 0 Å². The summed E-state index contributed by atoms with van der Waals surface area (Å²) in [5.74, 6) is -0.799. The van der Waals surface area contributed by atoms with Crippen LogP contribution in [0, 0.1) is 11.6 Å². The number of ether oxygens (including phenoxy) is 1. The van der Waals surface area contributed by atoms with Gasteiger partial charge in [0.15, 0.2) is 11.6 Å². The molecule has 0 aliphatic carbocycles. The Morgan fingerprint density at radius 1 is 1.11 bits per heavy atom. The van der Waals surface area contributed by atoms with E-state index in [1.54, 1.807) is 12.1 Å². The molecule has 2 rings (SSSR count). The Balaban J connectivity index is 2.10. The molecule has 0 radical (unpaired) electrons. The van der Waals surface area contributed by atoms with Gasteiger partial charge < -0.3 is 9.84 Å². The highest BCUT2D eigenvalue weighted by molar-refractivity contribution is 9.10. The predicted molar refractivity (Wildman–Crippen MR) is 70.8 cm³/mol. The molecule has 0 amide bonds. The first-order valence-electron chi connectivity index (χ1n) is 5.56. The Labute approximate surface area is 117 Å². The van der Waals surface area contributed by atoms with E-state index in [1.807, 2.05) is 0 Å². The van der Waals surface area contributed by atoms with Gasteiger partial charge in [-0.2, -0.15) is 0 Å². The third-order valence-corrected chi connectivity index (χ3v) is 3.32. The van der Waals surface area contributed by atoms with Crippen LogP contribution in [0.25, 0.3) is 0 Å². The average Bonchev–Trinajstić information content (AvgIpc) is 2.39. The van der Waals surface area contributed by atoms with Crippen molar-refractivity contribution in [2.45, 2.75) is 13.2 Å². The second-order valence-electron chi connectivity index (χ2n) is 3.95. The summed E-state index contributed by atoms with van der Waals surface area (Å²) in [6.07, 6.45) is 0. The monoisotopic (exact) mass is 328 g/mol. The van der Waals surface area contributed by atoms with Crippen LogP contribution in [0.15, 0.2) is 40.9 Å². The Kier molecular flexibility index (Phi) is 4.50. The molecule has 0 heterocycles. The summed E-state index contributed by atoms with van der Waals surface area (Å²) in [7, 11) is 0. The first kappa shape index (κ1) is 14.0. The van der Waals surface area contributed by atoms with Gasteiger partial charge in [0, 0.05) is 10.0 Å². The van der Waals surface area contributed by atoms with Crippen molar-refractivity contribution >= 4 is 15.9 Å². The molecule has 0 aliphatic heterocycles. The molecule has 19 heavy (non-hydrogen) atoms. The molecule has 0 saturated heterocycles. The normalized spacial score (nSPS) is 10.5. The topological polar surface area (TPSA) is 29.5 Å². The Hall–Kier alpha value is -1.46. The molecule has 5 heteroatoms. The first-order valence-corrected chi connectivity index (χ1v) is 6.35. The number of aliphatic hydroxyl groups excluding tert-OH is 1. The molecule has 100 valence electrons. The smallest absolute Gasteiger partial charge is 0.165 e. The highest BCUT2D eigenvalue weighted by atomic mass is 79.9. The lowest BCUT2D eigenvalue weighted by atomic mass is 10.2. The van der Waals surface area contributed by atoms with Gasteiger partial charge >= 0.3 is 0 Å². The summed E-state index contributed by atoms with van der Waals surface area (Å²) >= 11 is 3.22. The van der Waals surface area contributed by atoms with Crippen molar-refractivity contribution in [2.75, 3.05) is 0 Å². The first-order chi connectivity index (χ1) is 9.10. The fourth-order valence-electron chi connectivity index (χ4n) is 1.55. The van der Waals surface area contributed by atoms with Gasteiger partial charge in [0.1, 0.15) is 12.4 Å². The zero-order valence-electron chi connectivity index (χ0n) is 9.87. The lowest BCUT2D eigenvalue weighted by Gasteiger charge is -2.09. The minimum atomic E-state index is -0.537. The molecular weight excluding hydrogens is 318 g/mol. The van der Waals surface area contributed by atoms with Crippen molar-refractivity contribution in [1.82, 2.24) is 0 Å². The molecule has 0 fully saturated rings. The van der Waals surface area contributed by atoms with E-state index in [9.17, 15) is 8.78 Å². The van der Waals surface area contributed by atoms with Crippen LogP contribution >= 0.6 is 15.9 Å². The molecule has 0 bridgehead atoms.